The van der Waals surface area contributed by atoms with E-state index in [0.717, 1.165) is 5.56 Å². The summed E-state index contributed by atoms with van der Waals surface area (Å²) in [5.74, 6) is -1.63. The maximum atomic E-state index is 12.9. The van der Waals surface area contributed by atoms with E-state index in [1.807, 2.05) is 0 Å². The molecule has 7 heteroatoms. The smallest absolute Gasteiger partial charge is 0.338 e. The van der Waals surface area contributed by atoms with E-state index in [1.54, 1.807) is 43.8 Å². The molecule has 0 saturated heterocycles. The van der Waals surface area contributed by atoms with Crippen LogP contribution in [0.3, 0.4) is 0 Å². The van der Waals surface area contributed by atoms with Crippen LogP contribution in [0.25, 0.3) is 0 Å². The molecular formula is C19H21N3O4. The van der Waals surface area contributed by atoms with Crippen LogP contribution in [0.2, 0.25) is 0 Å². The molecule has 2 heterocycles. The third-order valence-corrected chi connectivity index (χ3v) is 4.83. The zero-order chi connectivity index (χ0) is 19.0. The maximum Gasteiger partial charge on any atom is 0.338 e. The van der Waals surface area contributed by atoms with Gasteiger partial charge in [0.1, 0.15) is 0 Å². The highest BCUT2D eigenvalue weighted by Crippen LogP contribution is 2.31. The van der Waals surface area contributed by atoms with Crippen molar-refractivity contribution >= 4 is 23.3 Å². The van der Waals surface area contributed by atoms with Gasteiger partial charge in [-0.2, -0.15) is 5.10 Å². The number of aromatic nitrogens is 2. The predicted molar refractivity (Wildman–Crippen MR) is 95.5 cm³/mol. The van der Waals surface area contributed by atoms with E-state index in [2.05, 4.69) is 5.10 Å². The van der Waals surface area contributed by atoms with Crippen LogP contribution in [0, 0.1) is 13.8 Å². The van der Waals surface area contributed by atoms with Gasteiger partial charge < -0.3 is 9.64 Å². The number of carbonyl (C=O) groups is 3. The first kappa shape index (κ1) is 17.8. The molecule has 2 aromatic rings. The maximum absolute atomic E-state index is 12.9. The van der Waals surface area contributed by atoms with Crippen molar-refractivity contribution in [3.8, 4) is 0 Å². The molecule has 0 N–H and O–H groups in total. The molecule has 0 spiro atoms. The molecule has 7 nitrogen and oxygen atoms in total. The Morgan fingerprint density at radius 1 is 1.19 bits per heavy atom. The Morgan fingerprint density at radius 2 is 1.92 bits per heavy atom. The van der Waals surface area contributed by atoms with E-state index in [1.165, 1.54) is 12.0 Å². The largest absolute Gasteiger partial charge is 0.465 e. The highest BCUT2D eigenvalue weighted by atomic mass is 16.5. The van der Waals surface area contributed by atoms with E-state index in [-0.39, 0.29) is 0 Å². The number of rotatable bonds is 3. The van der Waals surface area contributed by atoms with Gasteiger partial charge in [0.25, 0.3) is 11.7 Å². The molecule has 1 aromatic heterocycles. The molecule has 136 valence electrons. The predicted octanol–water partition coefficient (Wildman–Crippen LogP) is 1.99. The van der Waals surface area contributed by atoms with Gasteiger partial charge in [-0.05, 0) is 44.4 Å². The SMILES string of the molecule is COC(=O)c1cccc2c1CCCN2C(=O)C(=O)c1c(C)nn(C)c1C. The number of amides is 1. The topological polar surface area (TPSA) is 81.5 Å². The Bertz CT molecular complexity index is 914. The third kappa shape index (κ3) is 2.79. The summed E-state index contributed by atoms with van der Waals surface area (Å²) in [6, 6.07) is 5.13. The molecule has 0 radical (unpaired) electrons. The van der Waals surface area contributed by atoms with Crippen LogP contribution in [0.15, 0.2) is 18.2 Å². The van der Waals surface area contributed by atoms with E-state index < -0.39 is 17.7 Å². The minimum Gasteiger partial charge on any atom is -0.465 e. The quantitative estimate of drug-likeness (QED) is 0.478. The number of benzene rings is 1. The normalized spacial score (nSPS) is 13.3. The number of fused-ring (bicyclic) bond motifs is 1. The summed E-state index contributed by atoms with van der Waals surface area (Å²) in [6.07, 6.45) is 1.33. The van der Waals surface area contributed by atoms with Crippen molar-refractivity contribution < 1.29 is 19.1 Å². The molecule has 3 rings (SSSR count). The molecule has 0 fully saturated rings. The first-order chi connectivity index (χ1) is 12.4. The van der Waals surface area contributed by atoms with Crippen molar-refractivity contribution in [1.82, 2.24) is 9.78 Å². The Balaban J connectivity index is 2.01. The van der Waals surface area contributed by atoms with E-state index in [4.69, 9.17) is 4.74 Å². The van der Waals surface area contributed by atoms with Gasteiger partial charge in [0, 0.05) is 25.0 Å². The number of hydrogen-bond acceptors (Lipinski definition) is 5. The van der Waals surface area contributed by atoms with Crippen LogP contribution >= 0.6 is 0 Å². The zero-order valence-electron chi connectivity index (χ0n) is 15.3. The first-order valence-corrected chi connectivity index (χ1v) is 8.43. The van der Waals surface area contributed by atoms with Crippen LogP contribution in [0.5, 0.6) is 0 Å². The number of anilines is 1. The van der Waals surface area contributed by atoms with Gasteiger partial charge in [-0.1, -0.05) is 6.07 Å². The highest BCUT2D eigenvalue weighted by molar-refractivity contribution is 6.47. The molecule has 1 aromatic carbocycles. The molecule has 1 amide bonds. The molecule has 1 aliphatic heterocycles. The summed E-state index contributed by atoms with van der Waals surface area (Å²) in [6.45, 7) is 3.91. The Hall–Kier alpha value is -2.96. The van der Waals surface area contributed by atoms with Crippen molar-refractivity contribution in [3.05, 3.63) is 46.3 Å². The molecule has 0 aliphatic carbocycles. The van der Waals surface area contributed by atoms with Crippen molar-refractivity contribution in [2.75, 3.05) is 18.6 Å². The molecule has 0 atom stereocenters. The second kappa shape index (κ2) is 6.74. The van der Waals surface area contributed by atoms with Gasteiger partial charge in [0.05, 0.1) is 23.9 Å². The lowest BCUT2D eigenvalue weighted by Gasteiger charge is -2.30. The van der Waals surface area contributed by atoms with Gasteiger partial charge in [-0.15, -0.1) is 0 Å². The summed E-state index contributed by atoms with van der Waals surface area (Å²) in [7, 11) is 3.06. The molecule has 1 aliphatic rings. The van der Waals surface area contributed by atoms with Crippen molar-refractivity contribution in [2.45, 2.75) is 26.7 Å². The molecular weight excluding hydrogens is 334 g/mol. The lowest BCUT2D eigenvalue weighted by Crippen LogP contribution is -2.40. The highest BCUT2D eigenvalue weighted by Gasteiger charge is 2.32. The number of esters is 1. The van der Waals surface area contributed by atoms with Crippen LogP contribution in [0.4, 0.5) is 5.69 Å². The van der Waals surface area contributed by atoms with Gasteiger partial charge in [-0.25, -0.2) is 4.79 Å². The second-order valence-corrected chi connectivity index (χ2v) is 6.35. The molecule has 0 saturated carbocycles. The summed E-state index contributed by atoms with van der Waals surface area (Å²) >= 11 is 0. The Morgan fingerprint density at radius 3 is 2.54 bits per heavy atom. The first-order valence-electron chi connectivity index (χ1n) is 8.43. The molecule has 0 bridgehead atoms. The van der Waals surface area contributed by atoms with Crippen LogP contribution in [-0.2, 0) is 23.0 Å². The number of ether oxygens (including phenoxy) is 1. The average Bonchev–Trinajstić information content (AvgIpc) is 2.90. The lowest BCUT2D eigenvalue weighted by atomic mass is 9.95. The standard InChI is InChI=1S/C19H21N3O4/c1-11-16(12(2)21(3)20-11)17(23)18(24)22-10-6-8-13-14(19(25)26-4)7-5-9-15(13)22/h5,7,9H,6,8,10H2,1-4H3. The van der Waals surface area contributed by atoms with Crippen LogP contribution < -0.4 is 4.90 Å². The van der Waals surface area contributed by atoms with Crippen molar-refractivity contribution in [3.63, 3.8) is 0 Å². The number of methoxy groups -OCH3 is 1. The number of Topliss-reactive ketones (excluding diaryl/α,β-unsaturated/α-hetero) is 1. The fourth-order valence-electron chi connectivity index (χ4n) is 3.47. The third-order valence-electron chi connectivity index (χ3n) is 4.83. The van der Waals surface area contributed by atoms with Crippen molar-refractivity contribution in [2.24, 2.45) is 7.05 Å². The van der Waals surface area contributed by atoms with E-state index in [0.29, 0.717) is 47.6 Å². The van der Waals surface area contributed by atoms with E-state index in [9.17, 15) is 14.4 Å². The second-order valence-electron chi connectivity index (χ2n) is 6.35. The Kier molecular flexibility index (Phi) is 4.63. The number of hydrogen-bond donors (Lipinski definition) is 0. The Labute approximate surface area is 151 Å². The number of aryl methyl sites for hydroxylation is 2. The van der Waals surface area contributed by atoms with Gasteiger partial charge in [-0.3, -0.25) is 14.3 Å². The number of nitrogens with zero attached hydrogens (tertiary/aromatic N) is 3. The fourth-order valence-corrected chi connectivity index (χ4v) is 3.47. The van der Waals surface area contributed by atoms with Crippen LogP contribution in [-0.4, -0.2) is 41.1 Å². The van der Waals surface area contributed by atoms with Crippen molar-refractivity contribution in [1.29, 1.82) is 0 Å². The number of carbonyl (C=O) groups excluding carboxylic acids is 3. The molecule has 26 heavy (non-hydrogen) atoms. The minimum atomic E-state index is -0.604. The zero-order valence-corrected chi connectivity index (χ0v) is 15.3. The fraction of sp³-hybridized carbons (Fsp3) is 0.368. The summed E-state index contributed by atoms with van der Waals surface area (Å²) in [5.41, 5.74) is 3.30. The monoisotopic (exact) mass is 355 g/mol. The van der Waals surface area contributed by atoms with Gasteiger partial charge in [0.15, 0.2) is 0 Å². The average molecular weight is 355 g/mol. The summed E-state index contributed by atoms with van der Waals surface area (Å²) < 4.78 is 6.42. The summed E-state index contributed by atoms with van der Waals surface area (Å²) in [4.78, 5) is 39.3. The summed E-state index contributed by atoms with van der Waals surface area (Å²) in [5, 5.41) is 4.22. The minimum absolute atomic E-state index is 0.341. The molecule has 0 unspecified atom stereocenters. The van der Waals surface area contributed by atoms with Gasteiger partial charge in [0.2, 0.25) is 0 Å². The van der Waals surface area contributed by atoms with Crippen LogP contribution in [0.1, 0.15) is 44.1 Å². The van der Waals surface area contributed by atoms with Gasteiger partial charge >= 0.3 is 5.97 Å². The number of ketones is 1. The van der Waals surface area contributed by atoms with E-state index >= 15 is 0 Å². The lowest BCUT2D eigenvalue weighted by molar-refractivity contribution is -0.114.